The van der Waals surface area contributed by atoms with Crippen LogP contribution in [0.5, 0.6) is 5.75 Å². The van der Waals surface area contributed by atoms with E-state index in [4.69, 9.17) is 10.5 Å². The van der Waals surface area contributed by atoms with Gasteiger partial charge in [0.2, 0.25) is 5.95 Å². The largest absolute Gasteiger partial charge is 0.497 e. The van der Waals surface area contributed by atoms with Gasteiger partial charge in [-0.25, -0.2) is 14.8 Å². The van der Waals surface area contributed by atoms with Crippen LogP contribution in [0.15, 0.2) is 29.8 Å². The zero-order chi connectivity index (χ0) is 19.7. The van der Waals surface area contributed by atoms with Crippen molar-refractivity contribution in [1.82, 2.24) is 19.9 Å². The van der Waals surface area contributed by atoms with Crippen LogP contribution in [0.2, 0.25) is 0 Å². The summed E-state index contributed by atoms with van der Waals surface area (Å²) in [4.78, 5) is 30.4. The first kappa shape index (κ1) is 18.2. The number of rotatable bonds is 3. The molecule has 1 aliphatic rings. The van der Waals surface area contributed by atoms with E-state index in [1.54, 1.807) is 17.5 Å². The Kier molecular flexibility index (Phi) is 4.86. The van der Waals surface area contributed by atoms with E-state index in [9.17, 15) is 4.79 Å². The molecule has 3 aromatic rings. The van der Waals surface area contributed by atoms with Gasteiger partial charge in [-0.15, -0.1) is 11.3 Å². The Hall–Kier alpha value is -3.14. The number of thiazole rings is 1. The van der Waals surface area contributed by atoms with Crippen molar-refractivity contribution in [2.24, 2.45) is 0 Å². The molecule has 1 fully saturated rings. The fraction of sp³-hybridized carbons (Fsp3) is 0.333. The summed E-state index contributed by atoms with van der Waals surface area (Å²) in [5, 5.41) is 2.93. The van der Waals surface area contributed by atoms with Crippen LogP contribution in [0.1, 0.15) is 6.92 Å². The maximum Gasteiger partial charge on any atom is 0.321 e. The molecule has 2 amide bonds. The summed E-state index contributed by atoms with van der Waals surface area (Å²) in [6.07, 6.45) is 0. The van der Waals surface area contributed by atoms with E-state index < -0.39 is 0 Å². The highest BCUT2D eigenvalue weighted by atomic mass is 32.1. The summed E-state index contributed by atoms with van der Waals surface area (Å²) in [5.41, 5.74) is 9.09. The van der Waals surface area contributed by atoms with Crippen molar-refractivity contribution < 1.29 is 9.53 Å². The van der Waals surface area contributed by atoms with Crippen LogP contribution in [0.3, 0.4) is 0 Å². The first-order valence-electron chi connectivity index (χ1n) is 8.88. The van der Waals surface area contributed by atoms with Gasteiger partial charge in [-0.05, 0) is 31.2 Å². The number of amides is 2. The molecule has 146 valence electrons. The normalized spacial score (nSPS) is 17.0. The second-order valence-corrected chi connectivity index (χ2v) is 7.39. The molecule has 0 saturated carbocycles. The Morgan fingerprint density at radius 2 is 2.07 bits per heavy atom. The predicted octanol–water partition coefficient (Wildman–Crippen LogP) is 2.42. The molecule has 1 aliphatic heterocycles. The topological polar surface area (TPSA) is 110 Å². The molecule has 0 bridgehead atoms. The highest BCUT2D eigenvalue weighted by molar-refractivity contribution is 7.16. The number of urea groups is 1. The highest BCUT2D eigenvalue weighted by Gasteiger charge is 2.29. The van der Waals surface area contributed by atoms with Crippen LogP contribution in [-0.4, -0.2) is 58.7 Å². The monoisotopic (exact) mass is 399 g/mol. The van der Waals surface area contributed by atoms with Gasteiger partial charge in [0.25, 0.3) is 0 Å². The lowest BCUT2D eigenvalue weighted by Gasteiger charge is -2.40. The molecular weight excluding hydrogens is 378 g/mol. The zero-order valence-corrected chi connectivity index (χ0v) is 16.4. The molecule has 0 radical (unpaired) electrons. The molecule has 0 spiro atoms. The minimum Gasteiger partial charge on any atom is -0.497 e. The van der Waals surface area contributed by atoms with Crippen molar-refractivity contribution in [3.05, 3.63) is 29.8 Å². The number of carbonyl (C=O) groups is 1. The van der Waals surface area contributed by atoms with Gasteiger partial charge in [-0.1, -0.05) is 0 Å². The van der Waals surface area contributed by atoms with Gasteiger partial charge in [0, 0.05) is 31.4 Å². The summed E-state index contributed by atoms with van der Waals surface area (Å²) in [7, 11) is 1.61. The number of nitrogens with zero attached hydrogens (tertiary/aromatic N) is 5. The van der Waals surface area contributed by atoms with Crippen molar-refractivity contribution in [2.75, 3.05) is 42.7 Å². The van der Waals surface area contributed by atoms with Crippen LogP contribution in [0.25, 0.3) is 10.3 Å². The number of hydrogen-bond donors (Lipinski definition) is 2. The Labute approximate surface area is 166 Å². The molecule has 0 unspecified atom stereocenters. The second kappa shape index (κ2) is 7.47. The van der Waals surface area contributed by atoms with Crippen molar-refractivity contribution in [3.8, 4) is 5.75 Å². The van der Waals surface area contributed by atoms with Crippen LogP contribution in [-0.2, 0) is 0 Å². The molecule has 3 N–H and O–H groups in total. The number of anilines is 3. The third kappa shape index (κ3) is 3.50. The van der Waals surface area contributed by atoms with Gasteiger partial charge in [0.05, 0.1) is 12.6 Å². The van der Waals surface area contributed by atoms with Crippen molar-refractivity contribution >= 4 is 45.2 Å². The number of methoxy groups -OCH3 is 1. The number of fused-ring (bicyclic) bond motifs is 1. The summed E-state index contributed by atoms with van der Waals surface area (Å²) >= 11 is 1.44. The van der Waals surface area contributed by atoms with E-state index >= 15 is 0 Å². The predicted molar refractivity (Wildman–Crippen MR) is 110 cm³/mol. The number of aromatic nitrogens is 3. The molecule has 3 heterocycles. The van der Waals surface area contributed by atoms with E-state index in [2.05, 4.69) is 32.1 Å². The Morgan fingerprint density at radius 1 is 1.29 bits per heavy atom. The number of piperazine rings is 1. The minimum absolute atomic E-state index is 0.0644. The fourth-order valence-corrected chi connectivity index (χ4v) is 3.96. The summed E-state index contributed by atoms with van der Waals surface area (Å²) in [6.45, 7) is 3.84. The lowest BCUT2D eigenvalue weighted by atomic mass is 10.2. The number of nitrogens with one attached hydrogen (secondary N) is 1. The fourth-order valence-electron chi connectivity index (χ4n) is 3.30. The molecule has 28 heavy (non-hydrogen) atoms. The number of nitrogens with two attached hydrogens (primary N) is 1. The van der Waals surface area contributed by atoms with Gasteiger partial charge in [0.1, 0.15) is 11.3 Å². The maximum atomic E-state index is 12.6. The van der Waals surface area contributed by atoms with Crippen LogP contribution < -0.4 is 20.7 Å². The Bertz CT molecular complexity index is 991. The third-order valence-corrected chi connectivity index (χ3v) is 5.44. The minimum atomic E-state index is -0.127. The maximum absolute atomic E-state index is 12.6. The molecule has 1 aromatic carbocycles. The number of carbonyl (C=O) groups excluding carboxylic acids is 1. The van der Waals surface area contributed by atoms with E-state index in [0.717, 1.165) is 27.6 Å². The first-order valence-corrected chi connectivity index (χ1v) is 9.76. The standard InChI is InChI=1S/C18H21N7O2S/c1-11-9-24(18(26)21-12-3-5-13(27-2)6-4-12)7-8-25(11)15-14-16(28-10-20-14)23-17(19)22-15/h3-6,10-11H,7-9H2,1-2H3,(H,21,26)(H2,19,22,23)/t11-/m0/s1. The van der Waals surface area contributed by atoms with Crippen molar-refractivity contribution in [1.29, 1.82) is 0 Å². The first-order chi connectivity index (χ1) is 13.5. The SMILES string of the molecule is COc1ccc(NC(=O)N2CCN(c3nc(N)nc4scnc34)[C@@H](C)C2)cc1. The number of hydrogen-bond acceptors (Lipinski definition) is 8. The van der Waals surface area contributed by atoms with Crippen molar-refractivity contribution in [2.45, 2.75) is 13.0 Å². The quantitative estimate of drug-likeness (QED) is 0.696. The lowest BCUT2D eigenvalue weighted by Crippen LogP contribution is -2.55. The average Bonchev–Trinajstić information content (AvgIpc) is 3.16. The van der Waals surface area contributed by atoms with Gasteiger partial charge >= 0.3 is 6.03 Å². The highest BCUT2D eigenvalue weighted by Crippen LogP contribution is 2.28. The van der Waals surface area contributed by atoms with E-state index in [1.165, 1.54) is 11.3 Å². The third-order valence-electron chi connectivity index (χ3n) is 4.73. The van der Waals surface area contributed by atoms with Gasteiger partial charge in [-0.3, -0.25) is 0 Å². The molecule has 1 saturated heterocycles. The molecule has 9 nitrogen and oxygen atoms in total. The van der Waals surface area contributed by atoms with Gasteiger partial charge < -0.3 is 25.6 Å². The Balaban J connectivity index is 1.45. The second-order valence-electron chi connectivity index (χ2n) is 6.56. The van der Waals surface area contributed by atoms with Gasteiger partial charge in [-0.2, -0.15) is 4.98 Å². The van der Waals surface area contributed by atoms with Crippen LogP contribution in [0, 0.1) is 0 Å². The van der Waals surface area contributed by atoms with E-state index in [0.29, 0.717) is 19.6 Å². The van der Waals surface area contributed by atoms with E-state index in [1.807, 2.05) is 24.3 Å². The molecule has 10 heteroatoms. The lowest BCUT2D eigenvalue weighted by molar-refractivity contribution is 0.200. The average molecular weight is 399 g/mol. The van der Waals surface area contributed by atoms with Gasteiger partial charge in [0.15, 0.2) is 10.6 Å². The smallest absolute Gasteiger partial charge is 0.321 e. The summed E-state index contributed by atoms with van der Waals surface area (Å²) in [5.74, 6) is 1.71. The number of benzene rings is 1. The Morgan fingerprint density at radius 3 is 2.79 bits per heavy atom. The molecule has 0 aliphatic carbocycles. The molecule has 4 rings (SSSR count). The molecule has 1 atom stereocenters. The summed E-state index contributed by atoms with van der Waals surface area (Å²) in [6, 6.07) is 7.20. The van der Waals surface area contributed by atoms with Crippen LogP contribution in [0.4, 0.5) is 22.2 Å². The molecular formula is C18H21N7O2S. The van der Waals surface area contributed by atoms with E-state index in [-0.39, 0.29) is 18.0 Å². The number of nitrogen functional groups attached to an aromatic ring is 1. The van der Waals surface area contributed by atoms with Crippen LogP contribution >= 0.6 is 11.3 Å². The molecule has 2 aromatic heterocycles. The number of ether oxygens (including phenoxy) is 1. The van der Waals surface area contributed by atoms with Crippen molar-refractivity contribution in [3.63, 3.8) is 0 Å². The zero-order valence-electron chi connectivity index (χ0n) is 15.6. The summed E-state index contributed by atoms with van der Waals surface area (Å²) < 4.78 is 5.14.